The number of hydrogen-bond donors (Lipinski definition) is 1. The van der Waals surface area contributed by atoms with E-state index in [2.05, 4.69) is 29.2 Å². The molecule has 2 N–H and O–H groups in total. The zero-order valence-electron chi connectivity index (χ0n) is 11.6. The van der Waals surface area contributed by atoms with Crippen LogP contribution in [0.5, 0.6) is 0 Å². The summed E-state index contributed by atoms with van der Waals surface area (Å²) in [5.41, 5.74) is 7.00. The molecule has 104 valence electrons. The number of nitrogens with two attached hydrogens (primary N) is 1. The molecule has 0 spiro atoms. The number of carbonyl (C=O) groups excluding carboxylic acids is 1. The predicted molar refractivity (Wildman–Crippen MR) is 76.6 cm³/mol. The highest BCUT2D eigenvalue weighted by Gasteiger charge is 2.21. The van der Waals surface area contributed by atoms with Gasteiger partial charge in [-0.15, -0.1) is 0 Å². The molecule has 0 unspecified atom stereocenters. The van der Waals surface area contributed by atoms with Crippen LogP contribution in [0.15, 0.2) is 30.3 Å². The molecule has 4 nitrogen and oxygen atoms in total. The molecule has 1 saturated heterocycles. The molecule has 0 aliphatic carbocycles. The Morgan fingerprint density at radius 1 is 1.21 bits per heavy atom. The van der Waals surface area contributed by atoms with Crippen molar-refractivity contribution in [3.8, 4) is 0 Å². The average Bonchev–Trinajstić information content (AvgIpc) is 2.64. The van der Waals surface area contributed by atoms with Crippen molar-refractivity contribution < 1.29 is 4.79 Å². The number of nitrogens with zero attached hydrogens (tertiary/aromatic N) is 2. The van der Waals surface area contributed by atoms with Gasteiger partial charge >= 0.3 is 0 Å². The first-order valence-corrected chi connectivity index (χ1v) is 6.97. The molecule has 1 aromatic carbocycles. The Labute approximate surface area is 115 Å². The van der Waals surface area contributed by atoms with Crippen LogP contribution >= 0.6 is 0 Å². The summed E-state index contributed by atoms with van der Waals surface area (Å²) in [5, 5.41) is 0. The van der Waals surface area contributed by atoms with Crippen LogP contribution in [0.25, 0.3) is 0 Å². The second-order valence-corrected chi connectivity index (χ2v) is 5.23. The van der Waals surface area contributed by atoms with E-state index >= 15 is 0 Å². The van der Waals surface area contributed by atoms with Crippen LogP contribution in [0.4, 0.5) is 0 Å². The quantitative estimate of drug-likeness (QED) is 0.885. The van der Waals surface area contributed by atoms with Gasteiger partial charge in [-0.1, -0.05) is 30.3 Å². The van der Waals surface area contributed by atoms with Gasteiger partial charge in [0.1, 0.15) is 0 Å². The maximum Gasteiger partial charge on any atom is 0.239 e. The molecule has 1 atom stereocenters. The van der Waals surface area contributed by atoms with Gasteiger partial charge in [-0.2, -0.15) is 0 Å². The second-order valence-electron chi connectivity index (χ2n) is 5.23. The van der Waals surface area contributed by atoms with Gasteiger partial charge in [0, 0.05) is 32.7 Å². The number of rotatable bonds is 3. The molecule has 1 amide bonds. The lowest BCUT2D eigenvalue weighted by Crippen LogP contribution is -2.43. The summed E-state index contributed by atoms with van der Waals surface area (Å²) in [6.07, 6.45) is 1.02. The number of benzene rings is 1. The Kier molecular flexibility index (Phi) is 4.93. The van der Waals surface area contributed by atoms with Gasteiger partial charge in [-0.3, -0.25) is 9.69 Å². The van der Waals surface area contributed by atoms with Crippen LogP contribution in [0.1, 0.15) is 18.9 Å². The minimum Gasteiger partial charge on any atom is -0.340 e. The van der Waals surface area contributed by atoms with E-state index in [1.54, 1.807) is 6.92 Å². The van der Waals surface area contributed by atoms with E-state index in [9.17, 15) is 4.79 Å². The van der Waals surface area contributed by atoms with E-state index in [1.807, 2.05) is 11.0 Å². The fourth-order valence-corrected chi connectivity index (χ4v) is 2.48. The topological polar surface area (TPSA) is 49.6 Å². The smallest absolute Gasteiger partial charge is 0.239 e. The summed E-state index contributed by atoms with van der Waals surface area (Å²) >= 11 is 0. The Hall–Kier alpha value is -1.39. The summed E-state index contributed by atoms with van der Waals surface area (Å²) in [6, 6.07) is 10.1. The van der Waals surface area contributed by atoms with Crippen molar-refractivity contribution in [2.24, 2.45) is 5.73 Å². The van der Waals surface area contributed by atoms with Gasteiger partial charge in [0.2, 0.25) is 5.91 Å². The van der Waals surface area contributed by atoms with Gasteiger partial charge in [0.05, 0.1) is 6.04 Å². The standard InChI is InChI=1S/C15H23N3O/c1-13(16)15(19)18-9-5-8-17(10-11-18)12-14-6-3-2-4-7-14/h2-4,6-7,13H,5,8-12,16H2,1H3/t13-/m0/s1. The van der Waals surface area contributed by atoms with E-state index in [4.69, 9.17) is 5.73 Å². The first-order chi connectivity index (χ1) is 9.16. The van der Waals surface area contributed by atoms with Gasteiger partial charge in [-0.25, -0.2) is 0 Å². The SMILES string of the molecule is C[C@H](N)C(=O)N1CCCN(Cc2ccccc2)CC1. The molecule has 1 fully saturated rings. The Morgan fingerprint density at radius 3 is 2.63 bits per heavy atom. The van der Waals surface area contributed by atoms with Crippen molar-refractivity contribution in [3.05, 3.63) is 35.9 Å². The molecular formula is C15H23N3O. The third-order valence-corrected chi connectivity index (χ3v) is 3.54. The minimum absolute atomic E-state index is 0.0709. The molecule has 4 heteroatoms. The van der Waals surface area contributed by atoms with E-state index < -0.39 is 0 Å². The van der Waals surface area contributed by atoms with Crippen LogP contribution in [-0.2, 0) is 11.3 Å². The average molecular weight is 261 g/mol. The highest BCUT2D eigenvalue weighted by atomic mass is 16.2. The maximum atomic E-state index is 11.9. The van der Waals surface area contributed by atoms with Crippen LogP contribution in [0, 0.1) is 0 Å². The molecule has 0 radical (unpaired) electrons. The first kappa shape index (κ1) is 14.0. The molecule has 0 aromatic heterocycles. The molecule has 0 bridgehead atoms. The maximum absolute atomic E-state index is 11.9. The van der Waals surface area contributed by atoms with Gasteiger partial charge < -0.3 is 10.6 Å². The highest BCUT2D eigenvalue weighted by Crippen LogP contribution is 2.09. The Morgan fingerprint density at radius 2 is 1.95 bits per heavy atom. The van der Waals surface area contributed by atoms with E-state index in [0.717, 1.165) is 39.1 Å². The summed E-state index contributed by atoms with van der Waals surface area (Å²) in [6.45, 7) is 6.29. The normalized spacial score (nSPS) is 18.9. The van der Waals surface area contributed by atoms with Crippen molar-refractivity contribution in [2.45, 2.75) is 25.9 Å². The van der Waals surface area contributed by atoms with Crippen molar-refractivity contribution in [1.82, 2.24) is 9.80 Å². The van der Waals surface area contributed by atoms with Crippen LogP contribution in [0.3, 0.4) is 0 Å². The molecule has 1 aliphatic rings. The second kappa shape index (κ2) is 6.68. The van der Waals surface area contributed by atoms with Gasteiger partial charge in [0.15, 0.2) is 0 Å². The van der Waals surface area contributed by atoms with Crippen molar-refractivity contribution >= 4 is 5.91 Å². The molecule has 2 rings (SSSR count). The Balaban J connectivity index is 1.88. The molecular weight excluding hydrogens is 238 g/mol. The van der Waals surface area contributed by atoms with Crippen molar-refractivity contribution in [3.63, 3.8) is 0 Å². The summed E-state index contributed by atoms with van der Waals surface area (Å²) in [5.74, 6) is 0.0709. The lowest BCUT2D eigenvalue weighted by molar-refractivity contribution is -0.132. The summed E-state index contributed by atoms with van der Waals surface area (Å²) in [4.78, 5) is 16.2. The molecule has 1 heterocycles. The lowest BCUT2D eigenvalue weighted by atomic mass is 10.2. The van der Waals surface area contributed by atoms with E-state index in [0.29, 0.717) is 0 Å². The fraction of sp³-hybridized carbons (Fsp3) is 0.533. The third-order valence-electron chi connectivity index (χ3n) is 3.54. The van der Waals surface area contributed by atoms with E-state index in [-0.39, 0.29) is 11.9 Å². The summed E-state index contributed by atoms with van der Waals surface area (Å²) < 4.78 is 0. The molecule has 1 aliphatic heterocycles. The predicted octanol–water partition coefficient (Wildman–Crippen LogP) is 1.07. The molecule has 1 aromatic rings. The largest absolute Gasteiger partial charge is 0.340 e. The number of hydrogen-bond acceptors (Lipinski definition) is 3. The third kappa shape index (κ3) is 4.04. The van der Waals surface area contributed by atoms with E-state index in [1.165, 1.54) is 5.56 Å². The van der Waals surface area contributed by atoms with Crippen molar-refractivity contribution in [2.75, 3.05) is 26.2 Å². The monoisotopic (exact) mass is 261 g/mol. The van der Waals surface area contributed by atoms with Crippen LogP contribution < -0.4 is 5.73 Å². The van der Waals surface area contributed by atoms with Crippen LogP contribution in [-0.4, -0.2) is 47.9 Å². The molecule has 0 saturated carbocycles. The zero-order chi connectivity index (χ0) is 13.7. The van der Waals surface area contributed by atoms with Crippen molar-refractivity contribution in [1.29, 1.82) is 0 Å². The molecule has 19 heavy (non-hydrogen) atoms. The Bertz CT molecular complexity index is 405. The van der Waals surface area contributed by atoms with Gasteiger partial charge in [0.25, 0.3) is 0 Å². The summed E-state index contributed by atoms with van der Waals surface area (Å²) in [7, 11) is 0. The number of carbonyl (C=O) groups is 1. The highest BCUT2D eigenvalue weighted by molar-refractivity contribution is 5.81. The van der Waals surface area contributed by atoms with Crippen LogP contribution in [0.2, 0.25) is 0 Å². The zero-order valence-corrected chi connectivity index (χ0v) is 11.6. The first-order valence-electron chi connectivity index (χ1n) is 6.97. The fourth-order valence-electron chi connectivity index (χ4n) is 2.48. The minimum atomic E-state index is -0.388. The van der Waals surface area contributed by atoms with Gasteiger partial charge in [-0.05, 0) is 18.9 Å². The number of amides is 1. The lowest BCUT2D eigenvalue weighted by Gasteiger charge is -2.23.